The average molecular weight is 351 g/mol. The van der Waals surface area contributed by atoms with E-state index in [0.29, 0.717) is 5.56 Å². The molecule has 0 saturated carbocycles. The first-order valence-corrected chi connectivity index (χ1v) is 8.63. The largest absolute Gasteiger partial charge is 0.454 e. The lowest BCUT2D eigenvalue weighted by atomic mass is 10.1. The number of ether oxygens (including phenoxy) is 1. The maximum Gasteiger partial charge on any atom is 0.312 e. The molecule has 3 rings (SSSR count). The van der Waals surface area contributed by atoms with Gasteiger partial charge in [-0.05, 0) is 25.5 Å². The second kappa shape index (κ2) is 7.52. The van der Waals surface area contributed by atoms with Gasteiger partial charge in [-0.3, -0.25) is 14.4 Å². The lowest BCUT2D eigenvalue weighted by Gasteiger charge is -2.19. The zero-order valence-electron chi connectivity index (χ0n) is 14.8. The molecule has 5 nitrogen and oxygen atoms in total. The first-order valence-electron chi connectivity index (χ1n) is 8.63. The number of carbonyl (C=O) groups is 3. The summed E-state index contributed by atoms with van der Waals surface area (Å²) in [4.78, 5) is 38.7. The summed E-state index contributed by atoms with van der Waals surface area (Å²) < 4.78 is 5.35. The molecule has 1 aliphatic rings. The highest BCUT2D eigenvalue weighted by molar-refractivity contribution is 6.02. The highest BCUT2D eigenvalue weighted by Crippen LogP contribution is 2.28. The predicted molar refractivity (Wildman–Crippen MR) is 98.0 cm³/mol. The number of Topliss-reactive ketones (excluding diaryl/α,β-unsaturated/α-hetero) is 1. The molecule has 5 heteroatoms. The number of nitrogens with zero attached hydrogens (tertiary/aromatic N) is 1. The van der Waals surface area contributed by atoms with E-state index in [1.54, 1.807) is 36.1 Å². The van der Waals surface area contributed by atoms with Crippen molar-refractivity contribution in [2.45, 2.75) is 26.4 Å². The van der Waals surface area contributed by atoms with Gasteiger partial charge in [-0.1, -0.05) is 48.5 Å². The number of hydrogen-bond acceptors (Lipinski definition) is 4. The number of amides is 1. The minimum atomic E-state index is -0.882. The standard InChI is InChI=1S/C21H21NO4/c1-14-8-6-7-11-18(14)22-13-17(12-19(22)23)21(25)26-15(2)20(24)16-9-4-3-5-10-16/h3-11,15,17H,12-13H2,1-2H3/t15-,17-/m1/s1. The molecule has 0 N–H and O–H groups in total. The van der Waals surface area contributed by atoms with Crippen molar-refractivity contribution in [3.05, 3.63) is 65.7 Å². The number of rotatable bonds is 5. The van der Waals surface area contributed by atoms with E-state index in [-0.39, 0.29) is 24.7 Å². The number of para-hydroxylation sites is 1. The Morgan fingerprint density at radius 2 is 1.73 bits per heavy atom. The third-order valence-corrected chi connectivity index (χ3v) is 4.59. The first-order chi connectivity index (χ1) is 12.5. The van der Waals surface area contributed by atoms with E-state index in [4.69, 9.17) is 4.74 Å². The van der Waals surface area contributed by atoms with Gasteiger partial charge in [0.1, 0.15) is 0 Å². The number of ketones is 1. The van der Waals surface area contributed by atoms with Crippen LogP contribution in [0.25, 0.3) is 0 Å². The molecule has 2 aromatic rings. The lowest BCUT2D eigenvalue weighted by Crippen LogP contribution is -2.30. The second-order valence-corrected chi connectivity index (χ2v) is 6.50. The Morgan fingerprint density at radius 3 is 2.42 bits per heavy atom. The Morgan fingerprint density at radius 1 is 1.08 bits per heavy atom. The first kappa shape index (κ1) is 17.9. The molecule has 1 heterocycles. The zero-order chi connectivity index (χ0) is 18.7. The summed E-state index contributed by atoms with van der Waals surface area (Å²) in [5.41, 5.74) is 2.28. The van der Waals surface area contributed by atoms with Crippen LogP contribution in [0.15, 0.2) is 54.6 Å². The van der Waals surface area contributed by atoms with Crippen LogP contribution in [0, 0.1) is 12.8 Å². The van der Waals surface area contributed by atoms with Crippen molar-refractivity contribution in [1.82, 2.24) is 0 Å². The van der Waals surface area contributed by atoms with Crippen LogP contribution < -0.4 is 4.90 Å². The van der Waals surface area contributed by atoms with Crippen LogP contribution in [-0.2, 0) is 14.3 Å². The van der Waals surface area contributed by atoms with E-state index < -0.39 is 18.0 Å². The van der Waals surface area contributed by atoms with Crippen LogP contribution >= 0.6 is 0 Å². The van der Waals surface area contributed by atoms with Crippen molar-refractivity contribution in [2.75, 3.05) is 11.4 Å². The van der Waals surface area contributed by atoms with Crippen molar-refractivity contribution in [2.24, 2.45) is 5.92 Å². The Bertz CT molecular complexity index is 831. The van der Waals surface area contributed by atoms with Gasteiger partial charge >= 0.3 is 5.97 Å². The minimum Gasteiger partial charge on any atom is -0.454 e. The zero-order valence-corrected chi connectivity index (χ0v) is 14.8. The van der Waals surface area contributed by atoms with Gasteiger partial charge in [0.15, 0.2) is 6.10 Å². The van der Waals surface area contributed by atoms with Crippen molar-refractivity contribution < 1.29 is 19.1 Å². The predicted octanol–water partition coefficient (Wildman–Crippen LogP) is 3.16. The summed E-state index contributed by atoms with van der Waals surface area (Å²) in [5, 5.41) is 0. The average Bonchev–Trinajstić information content (AvgIpc) is 3.04. The minimum absolute atomic E-state index is 0.0966. The lowest BCUT2D eigenvalue weighted by molar-refractivity contribution is -0.151. The van der Waals surface area contributed by atoms with Crippen LogP contribution in [0.3, 0.4) is 0 Å². The Kier molecular flexibility index (Phi) is 5.16. The molecule has 26 heavy (non-hydrogen) atoms. The SMILES string of the molecule is Cc1ccccc1N1C[C@H](C(=O)O[C@H](C)C(=O)c2ccccc2)CC1=O. The summed E-state index contributed by atoms with van der Waals surface area (Å²) in [6.07, 6.45) is -0.785. The topological polar surface area (TPSA) is 63.7 Å². The molecule has 0 bridgehead atoms. The van der Waals surface area contributed by atoms with Gasteiger partial charge < -0.3 is 9.64 Å². The molecule has 0 radical (unpaired) electrons. The summed E-state index contributed by atoms with van der Waals surface area (Å²) in [5.74, 6) is -1.43. The molecule has 0 unspecified atom stereocenters. The van der Waals surface area contributed by atoms with Crippen molar-refractivity contribution in [1.29, 1.82) is 0 Å². The van der Waals surface area contributed by atoms with Crippen LogP contribution in [0.5, 0.6) is 0 Å². The molecule has 0 aliphatic carbocycles. The highest BCUT2D eigenvalue weighted by Gasteiger charge is 2.37. The molecule has 1 fully saturated rings. The van der Waals surface area contributed by atoms with Crippen LogP contribution in [0.4, 0.5) is 5.69 Å². The number of hydrogen-bond donors (Lipinski definition) is 0. The summed E-state index contributed by atoms with van der Waals surface area (Å²) in [6, 6.07) is 16.3. The maximum atomic E-state index is 12.4. The number of anilines is 1. The molecule has 2 atom stereocenters. The van der Waals surface area contributed by atoms with Crippen molar-refractivity contribution >= 4 is 23.3 Å². The molecule has 134 valence electrons. The summed E-state index contributed by atoms with van der Waals surface area (Å²) in [6.45, 7) is 3.76. The number of aryl methyl sites for hydroxylation is 1. The van der Waals surface area contributed by atoms with Crippen LogP contribution in [0.2, 0.25) is 0 Å². The molecule has 1 aliphatic heterocycles. The Balaban J connectivity index is 1.65. The Labute approximate surface area is 152 Å². The van der Waals surface area contributed by atoms with Gasteiger partial charge in [-0.25, -0.2) is 0 Å². The fraction of sp³-hybridized carbons (Fsp3) is 0.286. The normalized spacial score (nSPS) is 17.8. The number of carbonyl (C=O) groups excluding carboxylic acids is 3. The third-order valence-electron chi connectivity index (χ3n) is 4.59. The molecule has 0 spiro atoms. The fourth-order valence-electron chi connectivity index (χ4n) is 3.13. The Hall–Kier alpha value is -2.95. The van der Waals surface area contributed by atoms with E-state index in [0.717, 1.165) is 11.3 Å². The van der Waals surface area contributed by atoms with E-state index in [9.17, 15) is 14.4 Å². The van der Waals surface area contributed by atoms with Crippen LogP contribution in [0.1, 0.15) is 29.3 Å². The van der Waals surface area contributed by atoms with Crippen LogP contribution in [-0.4, -0.2) is 30.3 Å². The summed E-state index contributed by atoms with van der Waals surface area (Å²) >= 11 is 0. The van der Waals surface area contributed by atoms with Gasteiger partial charge in [-0.15, -0.1) is 0 Å². The van der Waals surface area contributed by atoms with Crippen molar-refractivity contribution in [3.63, 3.8) is 0 Å². The quantitative estimate of drug-likeness (QED) is 0.613. The monoisotopic (exact) mass is 351 g/mol. The summed E-state index contributed by atoms with van der Waals surface area (Å²) in [7, 11) is 0. The smallest absolute Gasteiger partial charge is 0.312 e. The van der Waals surface area contributed by atoms with Gasteiger partial charge in [0.25, 0.3) is 0 Å². The molecule has 0 aromatic heterocycles. The molecular weight excluding hydrogens is 330 g/mol. The number of esters is 1. The fourth-order valence-corrected chi connectivity index (χ4v) is 3.13. The van der Waals surface area contributed by atoms with E-state index in [1.165, 1.54) is 0 Å². The van der Waals surface area contributed by atoms with Crippen molar-refractivity contribution in [3.8, 4) is 0 Å². The maximum absolute atomic E-state index is 12.4. The van der Waals surface area contributed by atoms with Gasteiger partial charge in [0, 0.05) is 24.2 Å². The van der Waals surface area contributed by atoms with E-state index in [1.807, 2.05) is 37.3 Å². The number of benzene rings is 2. The van der Waals surface area contributed by atoms with Gasteiger partial charge in [0.05, 0.1) is 5.92 Å². The van der Waals surface area contributed by atoms with E-state index in [2.05, 4.69) is 0 Å². The van der Waals surface area contributed by atoms with Gasteiger partial charge in [-0.2, -0.15) is 0 Å². The molecular formula is C21H21NO4. The highest BCUT2D eigenvalue weighted by atomic mass is 16.5. The molecule has 1 amide bonds. The third kappa shape index (κ3) is 3.67. The molecule has 1 saturated heterocycles. The van der Waals surface area contributed by atoms with Gasteiger partial charge in [0.2, 0.25) is 11.7 Å². The van der Waals surface area contributed by atoms with E-state index >= 15 is 0 Å². The second-order valence-electron chi connectivity index (χ2n) is 6.50. The molecule has 2 aromatic carbocycles.